The number of ketones is 1. The van der Waals surface area contributed by atoms with E-state index < -0.39 is 0 Å². The highest BCUT2D eigenvalue weighted by molar-refractivity contribution is 6.03. The molecule has 1 aliphatic rings. The summed E-state index contributed by atoms with van der Waals surface area (Å²) in [5.41, 5.74) is 2.15. The topological polar surface area (TPSA) is 17.1 Å². The molecule has 1 nitrogen and oxygen atoms in total. The second kappa shape index (κ2) is 4.37. The molecule has 0 heterocycles. The molecule has 0 N–H and O–H groups in total. The summed E-state index contributed by atoms with van der Waals surface area (Å²) in [6.45, 7) is 0. The van der Waals surface area contributed by atoms with Crippen molar-refractivity contribution < 1.29 is 9.18 Å². The molecule has 2 aromatic carbocycles. The summed E-state index contributed by atoms with van der Waals surface area (Å²) in [6.07, 6.45) is 1.32. The Balaban J connectivity index is 2.03. The van der Waals surface area contributed by atoms with Gasteiger partial charge >= 0.3 is 0 Å². The number of carbonyl (C=O) groups excluding carboxylic acids is 1. The molecule has 0 radical (unpaired) electrons. The zero-order valence-electron chi connectivity index (χ0n) is 9.90. The quantitative estimate of drug-likeness (QED) is 0.742. The van der Waals surface area contributed by atoms with Gasteiger partial charge in [-0.1, -0.05) is 42.5 Å². The van der Waals surface area contributed by atoms with Crippen molar-refractivity contribution >= 4 is 5.78 Å². The number of fused-ring (bicyclic) bond motifs is 1. The van der Waals surface area contributed by atoms with Crippen molar-refractivity contribution in [2.45, 2.75) is 18.8 Å². The van der Waals surface area contributed by atoms with Gasteiger partial charge in [-0.3, -0.25) is 4.79 Å². The average molecular weight is 240 g/mol. The van der Waals surface area contributed by atoms with E-state index >= 15 is 0 Å². The van der Waals surface area contributed by atoms with E-state index in [1.54, 1.807) is 12.1 Å². The van der Waals surface area contributed by atoms with Gasteiger partial charge < -0.3 is 0 Å². The van der Waals surface area contributed by atoms with Gasteiger partial charge in [0.2, 0.25) is 0 Å². The van der Waals surface area contributed by atoms with Crippen LogP contribution in [-0.4, -0.2) is 5.78 Å². The van der Waals surface area contributed by atoms with Crippen molar-refractivity contribution in [1.29, 1.82) is 0 Å². The molecule has 0 bridgehead atoms. The van der Waals surface area contributed by atoms with Gasteiger partial charge in [-0.05, 0) is 30.0 Å². The molecule has 0 spiro atoms. The molecule has 90 valence electrons. The van der Waals surface area contributed by atoms with Crippen LogP contribution in [0.15, 0.2) is 48.5 Å². The van der Waals surface area contributed by atoms with Crippen molar-refractivity contribution in [3.05, 3.63) is 71.0 Å². The minimum atomic E-state index is -0.257. The maximum Gasteiger partial charge on any atom is 0.170 e. The van der Waals surface area contributed by atoms with E-state index in [0.29, 0.717) is 24.0 Å². The maximum atomic E-state index is 13.6. The maximum absolute atomic E-state index is 13.6. The summed E-state index contributed by atoms with van der Waals surface area (Å²) < 4.78 is 13.6. The van der Waals surface area contributed by atoms with Crippen LogP contribution in [0, 0.1) is 5.82 Å². The SMILES string of the molecule is O=C1c2cccc(F)c2CCC1c1ccccc1. The fourth-order valence-corrected chi connectivity index (χ4v) is 2.65. The summed E-state index contributed by atoms with van der Waals surface area (Å²) >= 11 is 0. The fourth-order valence-electron chi connectivity index (χ4n) is 2.65. The molecule has 0 amide bonds. The number of hydrogen-bond donors (Lipinski definition) is 0. The van der Waals surface area contributed by atoms with Crippen molar-refractivity contribution in [3.8, 4) is 0 Å². The lowest BCUT2D eigenvalue weighted by Gasteiger charge is -2.23. The first-order chi connectivity index (χ1) is 8.77. The van der Waals surface area contributed by atoms with Gasteiger partial charge in [0, 0.05) is 11.5 Å². The molecule has 18 heavy (non-hydrogen) atoms. The van der Waals surface area contributed by atoms with Crippen molar-refractivity contribution in [2.24, 2.45) is 0 Å². The fraction of sp³-hybridized carbons (Fsp3) is 0.188. The predicted molar refractivity (Wildman–Crippen MR) is 68.2 cm³/mol. The summed E-state index contributed by atoms with van der Waals surface area (Å²) in [6, 6.07) is 14.5. The summed E-state index contributed by atoms with van der Waals surface area (Å²) in [5.74, 6) is -0.338. The molecule has 0 saturated heterocycles. The highest BCUT2D eigenvalue weighted by Crippen LogP contribution is 2.33. The van der Waals surface area contributed by atoms with Crippen molar-refractivity contribution in [1.82, 2.24) is 0 Å². The van der Waals surface area contributed by atoms with Crippen molar-refractivity contribution in [2.75, 3.05) is 0 Å². The monoisotopic (exact) mass is 240 g/mol. The normalized spacial score (nSPS) is 18.5. The van der Waals surface area contributed by atoms with Crippen LogP contribution in [-0.2, 0) is 6.42 Å². The van der Waals surface area contributed by atoms with Crippen LogP contribution in [0.5, 0.6) is 0 Å². The van der Waals surface area contributed by atoms with Crippen LogP contribution in [0.4, 0.5) is 4.39 Å². The third kappa shape index (κ3) is 1.74. The molecule has 0 fully saturated rings. The number of hydrogen-bond acceptors (Lipinski definition) is 1. The molecule has 0 aliphatic heterocycles. The van der Waals surface area contributed by atoms with E-state index in [4.69, 9.17) is 0 Å². The third-order valence-corrected chi connectivity index (χ3v) is 3.59. The lowest BCUT2D eigenvalue weighted by Crippen LogP contribution is -2.21. The van der Waals surface area contributed by atoms with Gasteiger partial charge in [-0.15, -0.1) is 0 Å². The molecule has 2 aromatic rings. The largest absolute Gasteiger partial charge is 0.293 e. The molecule has 3 rings (SSSR count). The number of rotatable bonds is 1. The van der Waals surface area contributed by atoms with E-state index in [0.717, 1.165) is 5.56 Å². The van der Waals surface area contributed by atoms with Crippen LogP contribution in [0.2, 0.25) is 0 Å². The number of carbonyl (C=O) groups is 1. The molecule has 1 aliphatic carbocycles. The Kier molecular flexibility index (Phi) is 2.71. The van der Waals surface area contributed by atoms with Crippen LogP contribution >= 0.6 is 0 Å². The van der Waals surface area contributed by atoms with Gasteiger partial charge in [-0.2, -0.15) is 0 Å². The lowest BCUT2D eigenvalue weighted by molar-refractivity contribution is 0.0945. The molecule has 2 heteroatoms. The van der Waals surface area contributed by atoms with Crippen LogP contribution < -0.4 is 0 Å². The lowest BCUT2D eigenvalue weighted by atomic mass is 9.79. The smallest absolute Gasteiger partial charge is 0.170 e. The molecule has 0 saturated carbocycles. The molecule has 1 atom stereocenters. The standard InChI is InChI=1S/C16H13FO/c17-15-8-4-7-14-13(15)10-9-12(16(14)18)11-5-2-1-3-6-11/h1-8,12H,9-10H2. The van der Waals surface area contributed by atoms with Crippen molar-refractivity contribution in [3.63, 3.8) is 0 Å². The van der Waals surface area contributed by atoms with Crippen LogP contribution in [0.1, 0.15) is 33.8 Å². The van der Waals surface area contributed by atoms with Gasteiger partial charge in [0.1, 0.15) is 5.82 Å². The highest BCUT2D eigenvalue weighted by Gasteiger charge is 2.29. The first-order valence-electron chi connectivity index (χ1n) is 6.14. The first kappa shape index (κ1) is 11.1. The van der Waals surface area contributed by atoms with E-state index in [2.05, 4.69) is 0 Å². The Morgan fingerprint density at radius 3 is 2.56 bits per heavy atom. The number of Topliss-reactive ketones (excluding diaryl/α,β-unsaturated/α-hetero) is 1. The Bertz CT molecular complexity index is 589. The summed E-state index contributed by atoms with van der Waals surface area (Å²) in [4.78, 5) is 12.4. The average Bonchev–Trinajstić information content (AvgIpc) is 2.41. The Hall–Kier alpha value is -1.96. The Morgan fingerprint density at radius 1 is 1.00 bits per heavy atom. The van der Waals surface area contributed by atoms with Gasteiger partial charge in [0.25, 0.3) is 0 Å². The summed E-state index contributed by atoms with van der Waals surface area (Å²) in [7, 11) is 0. The van der Waals surface area contributed by atoms with E-state index in [1.165, 1.54) is 6.07 Å². The zero-order valence-corrected chi connectivity index (χ0v) is 9.90. The van der Waals surface area contributed by atoms with Gasteiger partial charge in [-0.25, -0.2) is 4.39 Å². The number of halogens is 1. The second-order valence-electron chi connectivity index (χ2n) is 4.63. The minimum absolute atomic E-state index is 0.0435. The minimum Gasteiger partial charge on any atom is -0.293 e. The highest BCUT2D eigenvalue weighted by atomic mass is 19.1. The van der Waals surface area contributed by atoms with Crippen LogP contribution in [0.3, 0.4) is 0 Å². The molecular weight excluding hydrogens is 227 g/mol. The Labute approximate surface area is 105 Å². The summed E-state index contributed by atoms with van der Waals surface area (Å²) in [5, 5.41) is 0. The molecular formula is C16H13FO. The third-order valence-electron chi connectivity index (χ3n) is 3.59. The second-order valence-corrected chi connectivity index (χ2v) is 4.63. The molecule has 0 aromatic heterocycles. The Morgan fingerprint density at radius 2 is 1.78 bits per heavy atom. The van der Waals surface area contributed by atoms with Gasteiger partial charge in [0.15, 0.2) is 5.78 Å². The van der Waals surface area contributed by atoms with E-state index in [-0.39, 0.29) is 17.5 Å². The van der Waals surface area contributed by atoms with Gasteiger partial charge in [0.05, 0.1) is 0 Å². The van der Waals surface area contributed by atoms with Crippen LogP contribution in [0.25, 0.3) is 0 Å². The zero-order chi connectivity index (χ0) is 12.5. The van der Waals surface area contributed by atoms with E-state index in [1.807, 2.05) is 30.3 Å². The number of benzene rings is 2. The first-order valence-corrected chi connectivity index (χ1v) is 6.14. The predicted octanol–water partition coefficient (Wildman–Crippen LogP) is 3.74. The molecule has 1 unspecified atom stereocenters. The van der Waals surface area contributed by atoms with E-state index in [9.17, 15) is 9.18 Å².